The molecular weight excluding hydrogens is 378 g/mol. The molecule has 0 fully saturated rings. The van der Waals surface area contributed by atoms with Gasteiger partial charge in [0.1, 0.15) is 0 Å². The van der Waals surface area contributed by atoms with Crippen molar-refractivity contribution in [3.63, 3.8) is 0 Å². The Morgan fingerprint density at radius 1 is 0.950 bits per heavy atom. The minimum Gasteiger partial charge on any atom is -0.320 e. The van der Waals surface area contributed by atoms with Gasteiger partial charge in [0.05, 0.1) is 6.04 Å². The van der Waals surface area contributed by atoms with Crippen LogP contribution in [0, 0.1) is 0 Å². The Kier molecular flexibility index (Phi) is 5.42. The smallest absolute Gasteiger partial charge is 0.0563 e. The Hall–Kier alpha value is -0.640. The molecule has 1 unspecified atom stereocenters. The zero-order valence-electron chi connectivity index (χ0n) is 11.8. The van der Waals surface area contributed by atoms with Crippen molar-refractivity contribution in [2.75, 3.05) is 0 Å². The molecule has 0 saturated carbocycles. The molecule has 0 saturated heterocycles. The van der Waals surface area contributed by atoms with E-state index in [1.54, 1.807) is 0 Å². The van der Waals surface area contributed by atoms with Crippen molar-refractivity contribution in [1.29, 1.82) is 0 Å². The van der Waals surface area contributed by atoms with E-state index in [0.717, 1.165) is 32.9 Å². The second kappa shape index (κ2) is 6.88. The van der Waals surface area contributed by atoms with Crippen LogP contribution in [-0.2, 0) is 12.8 Å². The molecule has 1 nitrogen and oxygen atoms in total. The molecule has 0 radical (unpaired) electrons. The van der Waals surface area contributed by atoms with E-state index in [2.05, 4.69) is 70.0 Å². The number of hydrogen-bond donors (Lipinski definition) is 1. The van der Waals surface area contributed by atoms with Gasteiger partial charge in [-0.15, -0.1) is 0 Å². The summed E-state index contributed by atoms with van der Waals surface area (Å²) in [5.74, 6) is 0. The monoisotopic (exact) mass is 395 g/mol. The van der Waals surface area contributed by atoms with Gasteiger partial charge in [0.2, 0.25) is 0 Å². The third kappa shape index (κ3) is 3.33. The van der Waals surface area contributed by atoms with Gasteiger partial charge in [-0.25, -0.2) is 0 Å². The number of hydrogen-bond acceptors (Lipinski definition) is 1. The maximum absolute atomic E-state index is 6.45. The molecule has 2 aromatic rings. The molecule has 2 aromatic carbocycles. The Labute approximate surface area is 137 Å². The molecule has 0 aliphatic carbocycles. The first-order valence-corrected chi connectivity index (χ1v) is 8.47. The summed E-state index contributed by atoms with van der Waals surface area (Å²) in [5.41, 5.74) is 11.5. The fraction of sp³-hybridized carbons (Fsp3) is 0.294. The van der Waals surface area contributed by atoms with Gasteiger partial charge in [0.15, 0.2) is 0 Å². The van der Waals surface area contributed by atoms with Crippen LogP contribution in [0.1, 0.15) is 42.1 Å². The number of rotatable bonds is 4. The topological polar surface area (TPSA) is 26.0 Å². The van der Waals surface area contributed by atoms with E-state index in [0.29, 0.717) is 0 Å². The molecule has 0 spiro atoms. The fourth-order valence-electron chi connectivity index (χ4n) is 2.45. The Morgan fingerprint density at radius 3 is 2.30 bits per heavy atom. The van der Waals surface area contributed by atoms with Gasteiger partial charge in [0, 0.05) is 8.95 Å². The van der Waals surface area contributed by atoms with Gasteiger partial charge in [-0.2, -0.15) is 0 Å². The minimum atomic E-state index is -0.113. The van der Waals surface area contributed by atoms with Gasteiger partial charge in [0.25, 0.3) is 0 Å². The second-order valence-electron chi connectivity index (χ2n) is 4.88. The largest absolute Gasteiger partial charge is 0.320 e. The van der Waals surface area contributed by atoms with E-state index in [4.69, 9.17) is 5.73 Å². The van der Waals surface area contributed by atoms with Gasteiger partial charge < -0.3 is 5.73 Å². The van der Waals surface area contributed by atoms with E-state index in [1.165, 1.54) is 11.1 Å². The van der Waals surface area contributed by atoms with E-state index in [-0.39, 0.29) is 6.04 Å². The Morgan fingerprint density at radius 2 is 1.65 bits per heavy atom. The number of aryl methyl sites for hydroxylation is 2. The molecule has 2 N–H and O–H groups in total. The van der Waals surface area contributed by atoms with E-state index < -0.39 is 0 Å². The molecule has 3 heteroatoms. The quantitative estimate of drug-likeness (QED) is 0.736. The van der Waals surface area contributed by atoms with Crippen LogP contribution in [0.2, 0.25) is 0 Å². The van der Waals surface area contributed by atoms with Gasteiger partial charge in [-0.05, 0) is 53.3 Å². The molecule has 0 heterocycles. The summed E-state index contributed by atoms with van der Waals surface area (Å²) in [5, 5.41) is 0. The van der Waals surface area contributed by atoms with Crippen LogP contribution < -0.4 is 5.73 Å². The predicted octanol–water partition coefficient (Wildman–Crippen LogP) is 5.38. The zero-order valence-corrected chi connectivity index (χ0v) is 15.0. The molecule has 0 aromatic heterocycles. The average Bonchev–Trinajstić information content (AvgIpc) is 2.48. The lowest BCUT2D eigenvalue weighted by atomic mass is 9.94. The Balaban J connectivity index is 2.42. The molecule has 0 amide bonds. The van der Waals surface area contributed by atoms with Gasteiger partial charge in [-0.3, -0.25) is 0 Å². The highest BCUT2D eigenvalue weighted by Gasteiger charge is 2.14. The highest BCUT2D eigenvalue weighted by atomic mass is 79.9. The lowest BCUT2D eigenvalue weighted by Gasteiger charge is -2.17. The standard InChI is InChI=1S/C17H19Br2N/c1-3-11-5-6-13(9-12(11)4-2)17(20)15-10-14(18)7-8-16(15)19/h5-10,17H,3-4,20H2,1-2H3. The minimum absolute atomic E-state index is 0.113. The first-order chi connectivity index (χ1) is 9.56. The lowest BCUT2D eigenvalue weighted by molar-refractivity contribution is 0.857. The first kappa shape index (κ1) is 15.7. The summed E-state index contributed by atoms with van der Waals surface area (Å²) >= 11 is 7.10. The molecule has 2 rings (SSSR count). The first-order valence-electron chi connectivity index (χ1n) is 6.89. The van der Waals surface area contributed by atoms with Crippen LogP contribution >= 0.6 is 31.9 Å². The third-order valence-electron chi connectivity index (χ3n) is 3.64. The van der Waals surface area contributed by atoms with Crippen LogP contribution in [-0.4, -0.2) is 0 Å². The highest BCUT2D eigenvalue weighted by Crippen LogP contribution is 2.30. The maximum atomic E-state index is 6.45. The predicted molar refractivity (Wildman–Crippen MR) is 93.1 cm³/mol. The highest BCUT2D eigenvalue weighted by molar-refractivity contribution is 9.11. The van der Waals surface area contributed by atoms with Crippen LogP contribution in [0.15, 0.2) is 45.3 Å². The summed E-state index contributed by atoms with van der Waals surface area (Å²) in [6.07, 6.45) is 2.11. The van der Waals surface area contributed by atoms with Crippen LogP contribution in [0.3, 0.4) is 0 Å². The van der Waals surface area contributed by atoms with Crippen LogP contribution in [0.25, 0.3) is 0 Å². The lowest BCUT2D eigenvalue weighted by Crippen LogP contribution is -2.13. The molecule has 0 aliphatic heterocycles. The van der Waals surface area contributed by atoms with E-state index in [9.17, 15) is 0 Å². The maximum Gasteiger partial charge on any atom is 0.0563 e. The van der Waals surface area contributed by atoms with E-state index in [1.807, 2.05) is 12.1 Å². The van der Waals surface area contributed by atoms with Crippen molar-refractivity contribution in [2.24, 2.45) is 5.73 Å². The van der Waals surface area contributed by atoms with Crippen LogP contribution in [0.4, 0.5) is 0 Å². The fourth-order valence-corrected chi connectivity index (χ4v) is 3.32. The van der Waals surface area contributed by atoms with Gasteiger partial charge in [-0.1, -0.05) is 63.9 Å². The van der Waals surface area contributed by atoms with Crippen molar-refractivity contribution < 1.29 is 0 Å². The summed E-state index contributed by atoms with van der Waals surface area (Å²) < 4.78 is 2.10. The molecule has 106 valence electrons. The number of nitrogens with two attached hydrogens (primary N) is 1. The molecule has 20 heavy (non-hydrogen) atoms. The zero-order chi connectivity index (χ0) is 14.7. The van der Waals surface area contributed by atoms with Crippen molar-refractivity contribution in [1.82, 2.24) is 0 Å². The van der Waals surface area contributed by atoms with Crippen molar-refractivity contribution in [3.8, 4) is 0 Å². The van der Waals surface area contributed by atoms with Crippen molar-refractivity contribution >= 4 is 31.9 Å². The van der Waals surface area contributed by atoms with Crippen molar-refractivity contribution in [3.05, 3.63) is 67.6 Å². The Bertz CT molecular complexity index is 608. The second-order valence-corrected chi connectivity index (χ2v) is 6.65. The average molecular weight is 397 g/mol. The summed E-state index contributed by atoms with van der Waals surface area (Å²) in [7, 11) is 0. The summed E-state index contributed by atoms with van der Waals surface area (Å²) in [4.78, 5) is 0. The van der Waals surface area contributed by atoms with Crippen LogP contribution in [0.5, 0.6) is 0 Å². The molecule has 1 atom stereocenters. The molecule has 0 bridgehead atoms. The summed E-state index contributed by atoms with van der Waals surface area (Å²) in [6.45, 7) is 4.39. The normalized spacial score (nSPS) is 12.4. The number of halogens is 2. The molecular formula is C17H19Br2N. The van der Waals surface area contributed by atoms with E-state index >= 15 is 0 Å². The summed E-state index contributed by atoms with van der Waals surface area (Å²) in [6, 6.07) is 12.6. The van der Waals surface area contributed by atoms with Gasteiger partial charge >= 0.3 is 0 Å². The van der Waals surface area contributed by atoms with Crippen molar-refractivity contribution in [2.45, 2.75) is 32.7 Å². The molecule has 0 aliphatic rings. The SMILES string of the molecule is CCc1ccc(C(N)c2cc(Br)ccc2Br)cc1CC. The third-order valence-corrected chi connectivity index (χ3v) is 4.86. The number of benzene rings is 2.